The number of rotatable bonds is 4. The smallest absolute Gasteiger partial charge is 0.328 e. The second kappa shape index (κ2) is 8.54. The number of aliphatic carboxylic acids is 1. The molecule has 0 fully saturated rings. The third-order valence-electron chi connectivity index (χ3n) is 3.74. The van der Waals surface area contributed by atoms with Crippen molar-refractivity contribution in [3.05, 3.63) is 69.3 Å². The van der Waals surface area contributed by atoms with Crippen LogP contribution in [-0.4, -0.2) is 36.9 Å². The zero-order valence-electron chi connectivity index (χ0n) is 15.1. The summed E-state index contributed by atoms with van der Waals surface area (Å²) in [6.07, 6.45) is 2.62. The average Bonchev–Trinajstić information content (AvgIpc) is 3.00. The molecule has 0 unspecified atom stereocenters. The quantitative estimate of drug-likeness (QED) is 0.397. The minimum Gasteiger partial charge on any atom is -0.478 e. The van der Waals surface area contributed by atoms with Gasteiger partial charge in [-0.25, -0.2) is 9.48 Å². The van der Waals surface area contributed by atoms with Crippen LogP contribution in [0.25, 0.3) is 17.1 Å². The molecule has 2 aromatic carbocycles. The van der Waals surface area contributed by atoms with Gasteiger partial charge in [-0.2, -0.15) is 0 Å². The number of carbonyl (C=O) groups excluding carboxylic acids is 1. The molecule has 144 valence electrons. The molecule has 10 nitrogen and oxygen atoms in total. The Labute approximate surface area is 159 Å². The largest absolute Gasteiger partial charge is 0.478 e. The van der Waals surface area contributed by atoms with E-state index in [1.165, 1.54) is 12.1 Å². The number of carboxylic acid groups (broad SMARTS) is 1. The molecule has 0 saturated heterocycles. The predicted molar refractivity (Wildman–Crippen MR) is 102 cm³/mol. The first-order valence-electron chi connectivity index (χ1n) is 7.95. The van der Waals surface area contributed by atoms with E-state index in [0.29, 0.717) is 5.56 Å². The maximum atomic E-state index is 10.8. The van der Waals surface area contributed by atoms with E-state index < -0.39 is 16.8 Å². The molecule has 28 heavy (non-hydrogen) atoms. The van der Waals surface area contributed by atoms with Crippen LogP contribution < -0.4 is 5.73 Å². The molecule has 0 radical (unpaired) electrons. The Bertz CT molecular complexity index is 1090. The molecular weight excluding hydrogens is 366 g/mol. The molecule has 0 atom stereocenters. The van der Waals surface area contributed by atoms with Crippen molar-refractivity contribution >= 4 is 34.7 Å². The SMILES string of the molecule is Cc1cccc(C(N)=O)c1[N+](=O)[O-].Cn1nnc2cc(C=CC(=O)O)ccc21. The second-order valence-electron chi connectivity index (χ2n) is 5.73. The van der Waals surface area contributed by atoms with Gasteiger partial charge in [0.1, 0.15) is 11.1 Å². The van der Waals surface area contributed by atoms with Crippen molar-refractivity contribution < 1.29 is 19.6 Å². The van der Waals surface area contributed by atoms with Gasteiger partial charge in [0.2, 0.25) is 0 Å². The summed E-state index contributed by atoms with van der Waals surface area (Å²) in [6.45, 7) is 1.56. The third-order valence-corrected chi connectivity index (χ3v) is 3.74. The van der Waals surface area contributed by atoms with Crippen LogP contribution in [0.4, 0.5) is 5.69 Å². The number of aryl methyl sites for hydroxylation is 2. The van der Waals surface area contributed by atoms with E-state index in [-0.39, 0.29) is 11.3 Å². The van der Waals surface area contributed by atoms with Gasteiger partial charge in [-0.3, -0.25) is 14.9 Å². The van der Waals surface area contributed by atoms with Crippen LogP contribution in [0.2, 0.25) is 0 Å². The van der Waals surface area contributed by atoms with Gasteiger partial charge >= 0.3 is 5.97 Å². The van der Waals surface area contributed by atoms with Crippen LogP contribution in [0.5, 0.6) is 0 Å². The zero-order chi connectivity index (χ0) is 20.8. The number of carboxylic acids is 1. The lowest BCUT2D eigenvalue weighted by Gasteiger charge is -2.00. The van der Waals surface area contributed by atoms with Crippen molar-refractivity contribution in [1.82, 2.24) is 15.0 Å². The van der Waals surface area contributed by atoms with E-state index in [2.05, 4.69) is 10.3 Å². The maximum Gasteiger partial charge on any atom is 0.328 e. The molecule has 1 heterocycles. The summed E-state index contributed by atoms with van der Waals surface area (Å²) in [5.74, 6) is -1.75. The summed E-state index contributed by atoms with van der Waals surface area (Å²) < 4.78 is 1.67. The van der Waals surface area contributed by atoms with Crippen molar-refractivity contribution in [3.63, 3.8) is 0 Å². The van der Waals surface area contributed by atoms with Gasteiger partial charge in [0.05, 0.1) is 10.4 Å². The Morgan fingerprint density at radius 1 is 1.29 bits per heavy atom. The highest BCUT2D eigenvalue weighted by Crippen LogP contribution is 2.22. The summed E-state index contributed by atoms with van der Waals surface area (Å²) in [4.78, 5) is 31.1. The minimum absolute atomic E-state index is 0.0509. The lowest BCUT2D eigenvalue weighted by Crippen LogP contribution is -2.13. The van der Waals surface area contributed by atoms with Crippen LogP contribution in [0, 0.1) is 17.0 Å². The Balaban J connectivity index is 0.000000203. The fourth-order valence-electron chi connectivity index (χ4n) is 2.43. The van der Waals surface area contributed by atoms with Crippen LogP contribution in [0.15, 0.2) is 42.5 Å². The molecular formula is C18H17N5O5. The Morgan fingerprint density at radius 2 is 2.00 bits per heavy atom. The summed E-state index contributed by atoms with van der Waals surface area (Å²) >= 11 is 0. The van der Waals surface area contributed by atoms with Crippen LogP contribution in [0.1, 0.15) is 21.5 Å². The molecule has 0 bridgehead atoms. The lowest BCUT2D eigenvalue weighted by atomic mass is 10.1. The molecule has 0 aliphatic heterocycles. The molecule has 3 N–H and O–H groups in total. The first-order valence-corrected chi connectivity index (χ1v) is 7.95. The molecule has 3 aromatic rings. The van der Waals surface area contributed by atoms with E-state index in [4.69, 9.17) is 10.8 Å². The highest BCUT2D eigenvalue weighted by atomic mass is 16.6. The summed E-state index contributed by atoms with van der Waals surface area (Å²) in [5.41, 5.74) is 7.62. The Morgan fingerprint density at radius 3 is 2.57 bits per heavy atom. The summed E-state index contributed by atoms with van der Waals surface area (Å²) in [6, 6.07) is 9.93. The number of primary amides is 1. The van der Waals surface area contributed by atoms with E-state index in [1.807, 2.05) is 19.2 Å². The standard InChI is InChI=1S/C10H9N3O2.C8H8N2O3/c1-13-9-4-2-7(3-5-10(14)15)6-8(9)11-12-13;1-5-3-2-4-6(8(9)11)7(5)10(12)13/h2-6H,1H3,(H,14,15);2-4H,1H3,(H2,9,11). The molecule has 0 saturated carbocycles. The van der Waals surface area contributed by atoms with Crippen molar-refractivity contribution in [3.8, 4) is 0 Å². The monoisotopic (exact) mass is 383 g/mol. The zero-order valence-corrected chi connectivity index (χ0v) is 15.1. The van der Waals surface area contributed by atoms with Gasteiger partial charge in [0.15, 0.2) is 0 Å². The minimum atomic E-state index is -0.964. The first kappa shape index (κ1) is 20.2. The van der Waals surface area contributed by atoms with Gasteiger partial charge < -0.3 is 10.8 Å². The molecule has 0 aliphatic carbocycles. The fraction of sp³-hybridized carbons (Fsp3) is 0.111. The Kier molecular flexibility index (Phi) is 6.17. The van der Waals surface area contributed by atoms with Crippen molar-refractivity contribution in [2.45, 2.75) is 6.92 Å². The maximum absolute atomic E-state index is 10.8. The van der Waals surface area contributed by atoms with E-state index in [1.54, 1.807) is 29.8 Å². The molecule has 0 aliphatic rings. The molecule has 1 aromatic heterocycles. The number of hydrogen-bond donors (Lipinski definition) is 2. The van der Waals surface area contributed by atoms with Gasteiger partial charge in [0, 0.05) is 18.7 Å². The number of carbonyl (C=O) groups is 2. The third kappa shape index (κ3) is 4.75. The number of amides is 1. The van der Waals surface area contributed by atoms with Crippen molar-refractivity contribution in [1.29, 1.82) is 0 Å². The highest BCUT2D eigenvalue weighted by molar-refractivity contribution is 5.97. The Hall–Kier alpha value is -4.08. The fourth-order valence-corrected chi connectivity index (χ4v) is 2.43. The number of para-hydroxylation sites is 1. The summed E-state index contributed by atoms with van der Waals surface area (Å²) in [5, 5.41) is 26.8. The van der Waals surface area contributed by atoms with Crippen molar-refractivity contribution in [2.75, 3.05) is 0 Å². The van der Waals surface area contributed by atoms with E-state index in [0.717, 1.165) is 22.7 Å². The number of nitrogens with zero attached hydrogens (tertiary/aromatic N) is 4. The van der Waals surface area contributed by atoms with Crippen molar-refractivity contribution in [2.24, 2.45) is 12.8 Å². The number of fused-ring (bicyclic) bond motifs is 1. The van der Waals surface area contributed by atoms with E-state index in [9.17, 15) is 19.7 Å². The average molecular weight is 383 g/mol. The van der Waals surface area contributed by atoms with Crippen LogP contribution in [-0.2, 0) is 11.8 Å². The number of hydrogen-bond acceptors (Lipinski definition) is 6. The lowest BCUT2D eigenvalue weighted by molar-refractivity contribution is -0.385. The highest BCUT2D eigenvalue weighted by Gasteiger charge is 2.19. The number of benzene rings is 2. The topological polar surface area (TPSA) is 154 Å². The summed E-state index contributed by atoms with van der Waals surface area (Å²) in [7, 11) is 1.81. The first-order chi connectivity index (χ1) is 13.2. The number of aromatic nitrogens is 3. The van der Waals surface area contributed by atoms with Gasteiger partial charge in [0.25, 0.3) is 11.6 Å². The number of nitro groups is 1. The second-order valence-corrected chi connectivity index (χ2v) is 5.73. The van der Waals surface area contributed by atoms with Crippen LogP contribution >= 0.6 is 0 Å². The molecule has 3 rings (SSSR count). The number of nitro benzene ring substituents is 1. The molecule has 10 heteroatoms. The molecule has 0 spiro atoms. The van der Waals surface area contributed by atoms with Gasteiger partial charge in [-0.05, 0) is 36.8 Å². The predicted octanol–water partition coefficient (Wildman–Crippen LogP) is 2.07. The number of nitrogens with two attached hydrogens (primary N) is 1. The normalized spacial score (nSPS) is 10.5. The van der Waals surface area contributed by atoms with Gasteiger partial charge in [-0.1, -0.05) is 23.4 Å². The van der Waals surface area contributed by atoms with Crippen LogP contribution in [0.3, 0.4) is 0 Å². The molecule has 1 amide bonds. The van der Waals surface area contributed by atoms with E-state index >= 15 is 0 Å². The van der Waals surface area contributed by atoms with Gasteiger partial charge in [-0.15, -0.1) is 5.10 Å².